The van der Waals surface area contributed by atoms with E-state index < -0.39 is 30.0 Å². The molecular weight excluding hydrogens is 335 g/mol. The number of rotatable bonds is 2. The van der Waals surface area contributed by atoms with Crippen LogP contribution in [0.25, 0.3) is 0 Å². The van der Waals surface area contributed by atoms with Crippen molar-refractivity contribution in [1.29, 1.82) is 0 Å². The van der Waals surface area contributed by atoms with E-state index in [-0.39, 0.29) is 30.4 Å². The van der Waals surface area contributed by atoms with Gasteiger partial charge >= 0.3 is 6.18 Å². The van der Waals surface area contributed by atoms with E-state index in [1.54, 1.807) is 0 Å². The van der Waals surface area contributed by atoms with Gasteiger partial charge in [-0.2, -0.15) is 13.2 Å². The summed E-state index contributed by atoms with van der Waals surface area (Å²) in [7, 11) is 0. The molecule has 25 heavy (non-hydrogen) atoms. The number of carbonyl (C=O) groups excluding carboxylic acids is 1. The number of β-amino-alcohol motifs (C(OH)–C–C–N with tert-alkyl or cyclic N) is 1. The molecule has 2 atom stereocenters. The van der Waals surface area contributed by atoms with Crippen LogP contribution in [0, 0.1) is 5.92 Å². The molecule has 1 aliphatic carbocycles. The minimum Gasteiger partial charge on any atom is -0.393 e. The van der Waals surface area contributed by atoms with E-state index in [0.29, 0.717) is 25.7 Å². The van der Waals surface area contributed by atoms with Gasteiger partial charge in [-0.25, -0.2) is 0 Å². The number of hydrogen-bond acceptors (Lipinski definition) is 3. The molecule has 1 amide bonds. The van der Waals surface area contributed by atoms with Gasteiger partial charge in [0.05, 0.1) is 23.8 Å². The smallest absolute Gasteiger partial charge is 0.393 e. The van der Waals surface area contributed by atoms with Crippen LogP contribution in [0.4, 0.5) is 13.2 Å². The summed E-state index contributed by atoms with van der Waals surface area (Å²) >= 11 is 0. The van der Waals surface area contributed by atoms with Crippen molar-refractivity contribution >= 4 is 5.91 Å². The number of aliphatic hydroxyl groups excluding tert-OH is 2. The van der Waals surface area contributed by atoms with Crippen LogP contribution in [0.3, 0.4) is 0 Å². The molecule has 0 unspecified atom stereocenters. The predicted octanol–water partition coefficient (Wildman–Crippen LogP) is 2.89. The van der Waals surface area contributed by atoms with Gasteiger partial charge in [0.1, 0.15) is 0 Å². The summed E-state index contributed by atoms with van der Waals surface area (Å²) in [5.41, 5.74) is -0.721. The number of amides is 1. The van der Waals surface area contributed by atoms with E-state index in [1.165, 1.54) is 23.1 Å². The van der Waals surface area contributed by atoms with Gasteiger partial charge in [0.2, 0.25) is 5.91 Å². The van der Waals surface area contributed by atoms with Gasteiger partial charge in [0, 0.05) is 12.5 Å². The highest BCUT2D eigenvalue weighted by Crippen LogP contribution is 2.41. The molecule has 1 aliphatic heterocycles. The Hall–Kier alpha value is -1.60. The van der Waals surface area contributed by atoms with Gasteiger partial charge in [-0.15, -0.1) is 0 Å². The Morgan fingerprint density at radius 3 is 2.32 bits per heavy atom. The third kappa shape index (κ3) is 3.82. The topological polar surface area (TPSA) is 60.8 Å². The summed E-state index contributed by atoms with van der Waals surface area (Å²) in [6.07, 6.45) is -3.53. The molecule has 1 aromatic rings. The van der Waals surface area contributed by atoms with Crippen molar-refractivity contribution in [3.05, 3.63) is 35.4 Å². The van der Waals surface area contributed by atoms with Crippen molar-refractivity contribution < 1.29 is 28.2 Å². The van der Waals surface area contributed by atoms with E-state index in [1.807, 2.05) is 0 Å². The fourth-order valence-corrected chi connectivity index (χ4v) is 3.96. The van der Waals surface area contributed by atoms with Crippen molar-refractivity contribution in [2.75, 3.05) is 6.54 Å². The van der Waals surface area contributed by atoms with Crippen molar-refractivity contribution in [2.45, 2.75) is 56.5 Å². The van der Waals surface area contributed by atoms with Gasteiger partial charge in [-0.1, -0.05) is 18.2 Å². The molecule has 1 saturated heterocycles. The molecular formula is C18H22F3NO3. The monoisotopic (exact) mass is 357 g/mol. The van der Waals surface area contributed by atoms with E-state index in [0.717, 1.165) is 6.07 Å². The third-order valence-electron chi connectivity index (χ3n) is 5.23. The first-order valence-corrected chi connectivity index (χ1v) is 8.60. The van der Waals surface area contributed by atoms with E-state index in [2.05, 4.69) is 0 Å². The molecule has 1 heterocycles. The number of nitrogens with zero attached hydrogens (tertiary/aromatic N) is 1. The maximum atomic E-state index is 13.3. The Labute approximate surface area is 144 Å². The van der Waals surface area contributed by atoms with Crippen molar-refractivity contribution in [2.24, 2.45) is 5.92 Å². The molecule has 0 aromatic heterocycles. The van der Waals surface area contributed by atoms with Gasteiger partial charge in [0.25, 0.3) is 0 Å². The lowest BCUT2D eigenvalue weighted by atomic mass is 9.86. The molecule has 2 aliphatic rings. The van der Waals surface area contributed by atoms with Gasteiger partial charge in [0.15, 0.2) is 0 Å². The van der Waals surface area contributed by atoms with Gasteiger partial charge in [-0.3, -0.25) is 4.79 Å². The predicted molar refractivity (Wildman–Crippen MR) is 84.5 cm³/mol. The zero-order valence-corrected chi connectivity index (χ0v) is 13.7. The SMILES string of the molecule is O=C(C1CCC(O)CC1)N1C[C@@H](O)C[C@@H]1c1ccccc1C(F)(F)F. The fraction of sp³-hybridized carbons (Fsp3) is 0.611. The van der Waals surface area contributed by atoms with Crippen LogP contribution in [0.1, 0.15) is 49.3 Å². The quantitative estimate of drug-likeness (QED) is 0.856. The highest BCUT2D eigenvalue weighted by molar-refractivity contribution is 5.80. The molecule has 0 spiro atoms. The number of carbonyl (C=O) groups is 1. The molecule has 2 fully saturated rings. The Bertz CT molecular complexity index is 626. The van der Waals surface area contributed by atoms with Crippen LogP contribution >= 0.6 is 0 Å². The molecule has 138 valence electrons. The molecule has 1 aromatic carbocycles. The van der Waals surface area contributed by atoms with E-state index >= 15 is 0 Å². The molecule has 0 radical (unpaired) electrons. The number of halogens is 3. The maximum absolute atomic E-state index is 13.3. The van der Waals surface area contributed by atoms with Crippen LogP contribution < -0.4 is 0 Å². The average Bonchev–Trinajstić information content (AvgIpc) is 2.96. The molecule has 1 saturated carbocycles. The lowest BCUT2D eigenvalue weighted by molar-refractivity contribution is -0.142. The summed E-state index contributed by atoms with van der Waals surface area (Å²) < 4.78 is 40.0. The molecule has 2 N–H and O–H groups in total. The highest BCUT2D eigenvalue weighted by atomic mass is 19.4. The second kappa shape index (κ2) is 6.96. The minimum atomic E-state index is -4.51. The minimum absolute atomic E-state index is 0.0377. The number of likely N-dealkylation sites (tertiary alicyclic amines) is 1. The number of hydrogen-bond donors (Lipinski definition) is 2. The first-order chi connectivity index (χ1) is 11.8. The van der Waals surface area contributed by atoms with Gasteiger partial charge < -0.3 is 15.1 Å². The Morgan fingerprint density at radius 1 is 1.04 bits per heavy atom. The number of benzene rings is 1. The lowest BCUT2D eigenvalue weighted by Gasteiger charge is -2.32. The third-order valence-corrected chi connectivity index (χ3v) is 5.23. The number of aliphatic hydroxyl groups is 2. The Morgan fingerprint density at radius 2 is 1.68 bits per heavy atom. The summed E-state index contributed by atoms with van der Waals surface area (Å²) in [6, 6.07) is 4.48. The van der Waals surface area contributed by atoms with Crippen LogP contribution in [-0.4, -0.2) is 39.8 Å². The number of alkyl halides is 3. The second-order valence-corrected chi connectivity index (χ2v) is 6.99. The normalized spacial score (nSPS) is 30.5. The van der Waals surface area contributed by atoms with Crippen molar-refractivity contribution in [1.82, 2.24) is 4.90 Å². The first-order valence-electron chi connectivity index (χ1n) is 8.60. The van der Waals surface area contributed by atoms with Crippen LogP contribution in [0.2, 0.25) is 0 Å². The standard InChI is InChI=1S/C18H22F3NO3/c19-18(20,21)15-4-2-1-3-14(15)16-9-13(24)10-22(16)17(25)11-5-7-12(23)8-6-11/h1-4,11-13,16,23-24H,5-10H2/t11?,12?,13-,16+/m0/s1. The average molecular weight is 357 g/mol. The summed E-state index contributed by atoms with van der Waals surface area (Å²) in [4.78, 5) is 14.2. The maximum Gasteiger partial charge on any atom is 0.416 e. The fourth-order valence-electron chi connectivity index (χ4n) is 3.96. The van der Waals surface area contributed by atoms with E-state index in [9.17, 15) is 28.2 Å². The summed E-state index contributed by atoms with van der Waals surface area (Å²) in [5, 5.41) is 19.6. The Balaban J connectivity index is 1.87. The lowest BCUT2D eigenvalue weighted by Crippen LogP contribution is -2.39. The zero-order chi connectivity index (χ0) is 18.2. The molecule has 0 bridgehead atoms. The summed E-state index contributed by atoms with van der Waals surface area (Å²) in [5.74, 6) is -0.514. The van der Waals surface area contributed by atoms with Crippen LogP contribution in [-0.2, 0) is 11.0 Å². The largest absolute Gasteiger partial charge is 0.416 e. The van der Waals surface area contributed by atoms with Crippen LogP contribution in [0.5, 0.6) is 0 Å². The Kier molecular flexibility index (Phi) is 5.06. The molecule has 4 nitrogen and oxygen atoms in total. The summed E-state index contributed by atoms with van der Waals surface area (Å²) in [6.45, 7) is 0.0503. The van der Waals surface area contributed by atoms with Crippen molar-refractivity contribution in [3.63, 3.8) is 0 Å². The zero-order valence-electron chi connectivity index (χ0n) is 13.7. The highest BCUT2D eigenvalue weighted by Gasteiger charge is 2.43. The molecule has 7 heteroatoms. The first kappa shape index (κ1) is 18.2. The van der Waals surface area contributed by atoms with E-state index in [4.69, 9.17) is 0 Å². The van der Waals surface area contributed by atoms with Crippen LogP contribution in [0.15, 0.2) is 24.3 Å². The van der Waals surface area contributed by atoms with Gasteiger partial charge in [-0.05, 0) is 43.7 Å². The van der Waals surface area contributed by atoms with Crippen molar-refractivity contribution in [3.8, 4) is 0 Å². The molecule has 3 rings (SSSR count). The second-order valence-electron chi connectivity index (χ2n) is 6.99.